The van der Waals surface area contributed by atoms with Crippen LogP contribution in [-0.2, 0) is 4.84 Å². The Bertz CT molecular complexity index is 464. The highest BCUT2D eigenvalue weighted by Crippen LogP contribution is 2.18. The van der Waals surface area contributed by atoms with Crippen molar-refractivity contribution in [3.63, 3.8) is 0 Å². The van der Waals surface area contributed by atoms with Gasteiger partial charge in [0.15, 0.2) is 0 Å². The molecule has 1 rings (SSSR count). The van der Waals surface area contributed by atoms with Crippen LogP contribution in [0, 0.1) is 16.0 Å². The number of amides is 1. The molecule has 0 bridgehead atoms. The van der Waals surface area contributed by atoms with E-state index in [1.165, 1.54) is 0 Å². The van der Waals surface area contributed by atoms with Gasteiger partial charge in [-0.3, -0.25) is 19.7 Å². The smallest absolute Gasteiger partial charge is 0.273 e. The molecular weight excluding hydrogens is 262 g/mol. The van der Waals surface area contributed by atoms with Crippen LogP contribution in [0.1, 0.15) is 24.2 Å². The second-order valence-corrected chi connectivity index (χ2v) is 4.28. The molecule has 0 atom stereocenters. The molecule has 0 aromatic carbocycles. The van der Waals surface area contributed by atoms with Crippen molar-refractivity contribution in [1.82, 2.24) is 10.5 Å². The highest BCUT2D eigenvalue weighted by Gasteiger charge is 2.17. The minimum atomic E-state index is -0.670. The van der Waals surface area contributed by atoms with Gasteiger partial charge >= 0.3 is 0 Å². The number of aromatic nitrogens is 1. The van der Waals surface area contributed by atoms with E-state index in [0.29, 0.717) is 6.61 Å². The molecule has 1 amide bonds. The average molecular weight is 274 g/mol. The van der Waals surface area contributed by atoms with E-state index < -0.39 is 10.8 Å². The first kappa shape index (κ1) is 14.3. The largest absolute Gasteiger partial charge is 0.288 e. The van der Waals surface area contributed by atoms with Gasteiger partial charge in [0, 0.05) is 6.07 Å². The summed E-state index contributed by atoms with van der Waals surface area (Å²) in [6.07, 6.45) is 0.980. The predicted octanol–water partition coefficient (Wildman–Crippen LogP) is 1.96. The molecule has 0 spiro atoms. The molecule has 7 nitrogen and oxygen atoms in total. The van der Waals surface area contributed by atoms with Gasteiger partial charge in [-0.25, -0.2) is 10.5 Å². The summed E-state index contributed by atoms with van der Waals surface area (Å²) in [6.45, 7) is 4.15. The van der Waals surface area contributed by atoms with Gasteiger partial charge in [0.2, 0.25) is 0 Å². The number of rotatable bonds is 5. The monoisotopic (exact) mass is 273 g/mol. The van der Waals surface area contributed by atoms with Gasteiger partial charge in [-0.15, -0.1) is 0 Å². The molecule has 1 N–H and O–H groups in total. The van der Waals surface area contributed by atoms with Crippen molar-refractivity contribution in [2.24, 2.45) is 5.92 Å². The van der Waals surface area contributed by atoms with Gasteiger partial charge in [0.25, 0.3) is 11.6 Å². The van der Waals surface area contributed by atoms with E-state index in [1.807, 2.05) is 13.8 Å². The molecule has 0 aliphatic carbocycles. The summed E-state index contributed by atoms with van der Waals surface area (Å²) in [5, 5.41) is 10.4. The Morgan fingerprint density at radius 2 is 2.33 bits per heavy atom. The first-order valence-electron chi connectivity index (χ1n) is 5.14. The number of hydrogen-bond donors (Lipinski definition) is 1. The number of pyridine rings is 1. The molecule has 18 heavy (non-hydrogen) atoms. The molecule has 98 valence electrons. The number of nitro groups is 1. The summed E-state index contributed by atoms with van der Waals surface area (Å²) in [4.78, 5) is 30.0. The lowest BCUT2D eigenvalue weighted by Crippen LogP contribution is -2.26. The molecule has 0 unspecified atom stereocenters. The summed E-state index contributed by atoms with van der Waals surface area (Å²) < 4.78 is 0. The Hall–Kier alpha value is -1.73. The Morgan fingerprint density at radius 3 is 2.89 bits per heavy atom. The average Bonchev–Trinajstić information content (AvgIpc) is 2.28. The van der Waals surface area contributed by atoms with Crippen LogP contribution < -0.4 is 5.48 Å². The van der Waals surface area contributed by atoms with Crippen LogP contribution in [0.2, 0.25) is 5.15 Å². The van der Waals surface area contributed by atoms with Crippen LogP contribution in [0.5, 0.6) is 0 Å². The van der Waals surface area contributed by atoms with Crippen LogP contribution >= 0.6 is 11.6 Å². The molecule has 8 heteroatoms. The third-order valence-electron chi connectivity index (χ3n) is 1.86. The minimum absolute atomic E-state index is 0.102. The third-order valence-corrected chi connectivity index (χ3v) is 2.16. The second kappa shape index (κ2) is 6.27. The number of carbonyl (C=O) groups excluding carboxylic acids is 1. The Balaban J connectivity index is 2.78. The lowest BCUT2D eigenvalue weighted by Gasteiger charge is -2.08. The van der Waals surface area contributed by atoms with E-state index in [0.717, 1.165) is 12.3 Å². The van der Waals surface area contributed by atoms with Crippen molar-refractivity contribution in [2.75, 3.05) is 6.61 Å². The van der Waals surface area contributed by atoms with Crippen molar-refractivity contribution in [3.05, 3.63) is 33.1 Å². The molecule has 1 aromatic rings. The van der Waals surface area contributed by atoms with E-state index in [-0.39, 0.29) is 22.3 Å². The highest BCUT2D eigenvalue weighted by atomic mass is 35.5. The molecule has 1 heterocycles. The van der Waals surface area contributed by atoms with Crippen LogP contribution in [0.4, 0.5) is 5.69 Å². The van der Waals surface area contributed by atoms with Gasteiger partial charge < -0.3 is 0 Å². The van der Waals surface area contributed by atoms with Gasteiger partial charge in [0.1, 0.15) is 11.3 Å². The molecule has 0 saturated heterocycles. The molecule has 0 saturated carbocycles. The van der Waals surface area contributed by atoms with E-state index in [9.17, 15) is 14.9 Å². The number of hydrogen-bond acceptors (Lipinski definition) is 5. The number of halogens is 1. The Kier molecular flexibility index (Phi) is 4.99. The lowest BCUT2D eigenvalue weighted by atomic mass is 10.2. The van der Waals surface area contributed by atoms with E-state index in [2.05, 4.69) is 10.5 Å². The fraction of sp³-hybridized carbons (Fsp3) is 0.400. The number of nitrogens with zero attached hydrogens (tertiary/aromatic N) is 2. The molecule has 0 radical (unpaired) electrons. The molecule has 0 fully saturated rings. The highest BCUT2D eigenvalue weighted by molar-refractivity contribution is 6.32. The maximum Gasteiger partial charge on any atom is 0.288 e. The molecular formula is C10H12ClN3O4. The van der Waals surface area contributed by atoms with Crippen LogP contribution in [-0.4, -0.2) is 22.4 Å². The fourth-order valence-electron chi connectivity index (χ4n) is 1.02. The molecule has 1 aromatic heterocycles. The van der Waals surface area contributed by atoms with Gasteiger partial charge in [0.05, 0.1) is 17.1 Å². The number of carbonyl (C=O) groups is 1. The van der Waals surface area contributed by atoms with Crippen LogP contribution in [0.3, 0.4) is 0 Å². The SMILES string of the molecule is CC(C)CONC(=O)c1cc([N+](=O)[O-])cnc1Cl. The first-order valence-corrected chi connectivity index (χ1v) is 5.51. The van der Waals surface area contributed by atoms with Crippen molar-refractivity contribution < 1.29 is 14.6 Å². The fourth-order valence-corrected chi connectivity index (χ4v) is 1.21. The van der Waals surface area contributed by atoms with E-state index in [4.69, 9.17) is 16.4 Å². The second-order valence-electron chi connectivity index (χ2n) is 3.93. The normalized spacial score (nSPS) is 10.4. The Labute approximate surface area is 108 Å². The van der Waals surface area contributed by atoms with Crippen molar-refractivity contribution in [3.8, 4) is 0 Å². The zero-order chi connectivity index (χ0) is 13.7. The van der Waals surface area contributed by atoms with Crippen LogP contribution in [0.25, 0.3) is 0 Å². The van der Waals surface area contributed by atoms with Crippen LogP contribution in [0.15, 0.2) is 12.3 Å². The van der Waals surface area contributed by atoms with Crippen molar-refractivity contribution in [2.45, 2.75) is 13.8 Å². The number of hydroxylamine groups is 1. The maximum atomic E-state index is 11.6. The quantitative estimate of drug-likeness (QED) is 0.503. The minimum Gasteiger partial charge on any atom is -0.273 e. The zero-order valence-electron chi connectivity index (χ0n) is 9.84. The molecule has 0 aliphatic rings. The first-order chi connectivity index (χ1) is 8.41. The Morgan fingerprint density at radius 1 is 1.67 bits per heavy atom. The standard InChI is InChI=1S/C10H12ClN3O4/c1-6(2)5-18-13-10(15)8-3-7(14(16)17)4-12-9(8)11/h3-4,6H,5H2,1-2H3,(H,13,15). The molecule has 0 aliphatic heterocycles. The summed E-state index contributed by atoms with van der Waals surface area (Å²) in [5.74, 6) is -0.430. The van der Waals surface area contributed by atoms with E-state index >= 15 is 0 Å². The van der Waals surface area contributed by atoms with E-state index in [1.54, 1.807) is 0 Å². The van der Waals surface area contributed by atoms with Gasteiger partial charge in [-0.1, -0.05) is 25.4 Å². The van der Waals surface area contributed by atoms with Crippen molar-refractivity contribution in [1.29, 1.82) is 0 Å². The third kappa shape index (κ3) is 3.94. The number of nitrogens with one attached hydrogen (secondary N) is 1. The van der Waals surface area contributed by atoms with Crippen molar-refractivity contribution >= 4 is 23.2 Å². The zero-order valence-corrected chi connectivity index (χ0v) is 10.6. The summed E-state index contributed by atoms with van der Waals surface area (Å²) in [7, 11) is 0. The topological polar surface area (TPSA) is 94.4 Å². The summed E-state index contributed by atoms with van der Waals surface area (Å²) in [5.41, 5.74) is 1.74. The van der Waals surface area contributed by atoms with Gasteiger partial charge in [-0.05, 0) is 5.92 Å². The lowest BCUT2D eigenvalue weighted by molar-refractivity contribution is -0.385. The summed E-state index contributed by atoms with van der Waals surface area (Å²) in [6, 6.07) is 1.05. The summed E-state index contributed by atoms with van der Waals surface area (Å²) >= 11 is 5.69. The predicted molar refractivity (Wildman–Crippen MR) is 64.2 cm³/mol. The van der Waals surface area contributed by atoms with Gasteiger partial charge in [-0.2, -0.15) is 0 Å². The maximum absolute atomic E-state index is 11.6.